The molecule has 0 aliphatic carbocycles. The Morgan fingerprint density at radius 1 is 1.32 bits per heavy atom. The molecule has 0 atom stereocenters. The van der Waals surface area contributed by atoms with E-state index < -0.39 is 0 Å². The van der Waals surface area contributed by atoms with Crippen LogP contribution in [-0.4, -0.2) is 47.9 Å². The van der Waals surface area contributed by atoms with Gasteiger partial charge in [0.15, 0.2) is 5.96 Å². The lowest BCUT2D eigenvalue weighted by Gasteiger charge is -2.27. The Hall–Kier alpha value is -1.40. The van der Waals surface area contributed by atoms with E-state index in [9.17, 15) is 4.79 Å². The second-order valence-corrected chi connectivity index (χ2v) is 6.66. The average molecular weight is 341 g/mol. The summed E-state index contributed by atoms with van der Waals surface area (Å²) in [5.74, 6) is 2.77. The maximum atomic E-state index is 11.8. The summed E-state index contributed by atoms with van der Waals surface area (Å²) in [5.41, 5.74) is 6.71. The van der Waals surface area contributed by atoms with Gasteiger partial charge in [0.1, 0.15) is 0 Å². The number of hydrogen-bond acceptors (Lipinski definition) is 3. The van der Waals surface area contributed by atoms with E-state index in [1.54, 1.807) is 24.3 Å². The number of nitrogens with zero attached hydrogens (tertiary/aromatic N) is 2. The largest absolute Gasteiger partial charge is 0.370 e. The van der Waals surface area contributed by atoms with Gasteiger partial charge < -0.3 is 16.0 Å². The summed E-state index contributed by atoms with van der Waals surface area (Å²) >= 11 is 7.74. The molecule has 1 fully saturated rings. The molecule has 1 heterocycles. The standard InChI is InChI=1S/C15H21ClN4OS/c16-12-3-5-13(6-4-12)19-14(21)2-1-7-18-15(17)20-8-10-22-11-9-20/h3-6H,1-2,7-11H2,(H2,17,18)(H,19,21). The molecule has 2 rings (SSSR count). The molecule has 1 amide bonds. The van der Waals surface area contributed by atoms with Crippen molar-refractivity contribution in [3.8, 4) is 0 Å². The number of halogens is 1. The minimum atomic E-state index is -0.0227. The van der Waals surface area contributed by atoms with Crippen molar-refractivity contribution in [1.29, 1.82) is 0 Å². The van der Waals surface area contributed by atoms with Gasteiger partial charge in [0.25, 0.3) is 0 Å². The molecule has 1 aliphatic heterocycles. The van der Waals surface area contributed by atoms with Gasteiger partial charge in [0.2, 0.25) is 5.91 Å². The van der Waals surface area contributed by atoms with Crippen LogP contribution in [0.4, 0.5) is 5.69 Å². The van der Waals surface area contributed by atoms with Crippen molar-refractivity contribution >= 4 is 40.9 Å². The number of thioether (sulfide) groups is 1. The molecule has 0 aromatic heterocycles. The van der Waals surface area contributed by atoms with Gasteiger partial charge in [-0.3, -0.25) is 9.79 Å². The van der Waals surface area contributed by atoms with E-state index in [1.807, 2.05) is 11.8 Å². The van der Waals surface area contributed by atoms with Crippen LogP contribution in [0.25, 0.3) is 0 Å². The Labute approximate surface area is 140 Å². The number of carbonyl (C=O) groups is 1. The summed E-state index contributed by atoms with van der Waals surface area (Å²) in [6.07, 6.45) is 1.11. The molecule has 22 heavy (non-hydrogen) atoms. The van der Waals surface area contributed by atoms with Crippen molar-refractivity contribution in [3.63, 3.8) is 0 Å². The Balaban J connectivity index is 1.67. The highest BCUT2D eigenvalue weighted by atomic mass is 35.5. The van der Waals surface area contributed by atoms with Gasteiger partial charge in [-0.1, -0.05) is 11.6 Å². The lowest BCUT2D eigenvalue weighted by molar-refractivity contribution is -0.116. The first-order valence-electron chi connectivity index (χ1n) is 7.33. The molecule has 5 nitrogen and oxygen atoms in total. The first-order chi connectivity index (χ1) is 10.6. The maximum Gasteiger partial charge on any atom is 0.224 e. The van der Waals surface area contributed by atoms with E-state index in [0.717, 1.165) is 30.3 Å². The molecule has 3 N–H and O–H groups in total. The Kier molecular flexibility index (Phi) is 6.86. The SMILES string of the molecule is NC(=NCCCC(=O)Nc1ccc(Cl)cc1)N1CCSCC1. The zero-order valence-corrected chi connectivity index (χ0v) is 14.0. The molecule has 1 aliphatic rings. The molecule has 0 spiro atoms. The third-order valence-electron chi connectivity index (χ3n) is 3.30. The van der Waals surface area contributed by atoms with Crippen molar-refractivity contribution in [2.75, 3.05) is 36.5 Å². The second-order valence-electron chi connectivity index (χ2n) is 5.00. The predicted molar refractivity (Wildman–Crippen MR) is 94.7 cm³/mol. The quantitative estimate of drug-likeness (QED) is 0.490. The Morgan fingerprint density at radius 3 is 2.68 bits per heavy atom. The van der Waals surface area contributed by atoms with E-state index in [4.69, 9.17) is 17.3 Å². The monoisotopic (exact) mass is 340 g/mol. The molecule has 0 saturated carbocycles. The summed E-state index contributed by atoms with van der Waals surface area (Å²) in [4.78, 5) is 18.3. The molecule has 0 unspecified atom stereocenters. The third-order valence-corrected chi connectivity index (χ3v) is 4.49. The lowest BCUT2D eigenvalue weighted by Crippen LogP contribution is -2.42. The number of guanidine groups is 1. The molecule has 1 aromatic carbocycles. The minimum absolute atomic E-state index is 0.0227. The van der Waals surface area contributed by atoms with Crippen molar-refractivity contribution in [2.24, 2.45) is 10.7 Å². The molecule has 120 valence electrons. The summed E-state index contributed by atoms with van der Waals surface area (Å²) in [5, 5.41) is 3.48. The summed E-state index contributed by atoms with van der Waals surface area (Å²) in [6, 6.07) is 7.06. The smallest absolute Gasteiger partial charge is 0.224 e. The van der Waals surface area contributed by atoms with Crippen LogP contribution in [0.15, 0.2) is 29.3 Å². The predicted octanol–water partition coefficient (Wildman–Crippen LogP) is 2.42. The van der Waals surface area contributed by atoms with Gasteiger partial charge in [-0.25, -0.2) is 0 Å². The number of anilines is 1. The van der Waals surface area contributed by atoms with Crippen LogP contribution in [0.5, 0.6) is 0 Å². The van der Waals surface area contributed by atoms with Crippen molar-refractivity contribution in [3.05, 3.63) is 29.3 Å². The van der Waals surface area contributed by atoms with Crippen molar-refractivity contribution in [1.82, 2.24) is 4.90 Å². The fourth-order valence-electron chi connectivity index (χ4n) is 2.08. The van der Waals surface area contributed by atoms with E-state index in [0.29, 0.717) is 30.4 Å². The zero-order chi connectivity index (χ0) is 15.8. The Morgan fingerprint density at radius 2 is 2.00 bits per heavy atom. The van der Waals surface area contributed by atoms with Gasteiger partial charge in [-0.2, -0.15) is 11.8 Å². The molecular weight excluding hydrogens is 320 g/mol. The van der Waals surface area contributed by atoms with Crippen LogP contribution in [0.1, 0.15) is 12.8 Å². The zero-order valence-electron chi connectivity index (χ0n) is 12.4. The summed E-state index contributed by atoms with van der Waals surface area (Å²) < 4.78 is 0. The van der Waals surface area contributed by atoms with E-state index in [2.05, 4.69) is 15.2 Å². The van der Waals surface area contributed by atoms with E-state index in [1.165, 1.54) is 0 Å². The number of rotatable bonds is 5. The summed E-state index contributed by atoms with van der Waals surface area (Å²) in [7, 11) is 0. The maximum absolute atomic E-state index is 11.8. The number of hydrogen-bond donors (Lipinski definition) is 2. The van der Waals surface area contributed by atoms with Gasteiger partial charge in [-0.05, 0) is 30.7 Å². The third kappa shape index (κ3) is 5.77. The number of nitrogens with two attached hydrogens (primary N) is 1. The normalized spacial score (nSPS) is 15.7. The van der Waals surface area contributed by atoms with Crippen LogP contribution in [0, 0.1) is 0 Å². The van der Waals surface area contributed by atoms with Crippen LogP contribution in [0.3, 0.4) is 0 Å². The first kappa shape index (κ1) is 17.0. The molecule has 0 bridgehead atoms. The molecule has 0 radical (unpaired) electrons. The highest BCUT2D eigenvalue weighted by Gasteiger charge is 2.11. The fourth-order valence-corrected chi connectivity index (χ4v) is 3.11. The molecular formula is C15H21ClN4OS. The molecule has 7 heteroatoms. The highest BCUT2D eigenvalue weighted by Crippen LogP contribution is 2.13. The first-order valence-corrected chi connectivity index (χ1v) is 8.86. The number of nitrogens with one attached hydrogen (secondary N) is 1. The topological polar surface area (TPSA) is 70.7 Å². The van der Waals surface area contributed by atoms with Crippen molar-refractivity contribution < 1.29 is 4.79 Å². The van der Waals surface area contributed by atoms with Crippen LogP contribution in [0.2, 0.25) is 5.02 Å². The lowest BCUT2D eigenvalue weighted by atomic mass is 10.2. The number of carbonyl (C=O) groups excluding carboxylic acids is 1. The fraction of sp³-hybridized carbons (Fsp3) is 0.467. The average Bonchev–Trinajstić information content (AvgIpc) is 2.54. The number of benzene rings is 1. The van der Waals surface area contributed by atoms with Crippen LogP contribution >= 0.6 is 23.4 Å². The Bertz CT molecular complexity index is 515. The van der Waals surface area contributed by atoms with Crippen molar-refractivity contribution in [2.45, 2.75) is 12.8 Å². The summed E-state index contributed by atoms with van der Waals surface area (Å²) in [6.45, 7) is 2.48. The van der Waals surface area contributed by atoms with Crippen LogP contribution in [-0.2, 0) is 4.79 Å². The van der Waals surface area contributed by atoms with Gasteiger partial charge >= 0.3 is 0 Å². The second kappa shape index (κ2) is 8.90. The van der Waals surface area contributed by atoms with Gasteiger partial charge in [0.05, 0.1) is 0 Å². The van der Waals surface area contributed by atoms with Crippen LogP contribution < -0.4 is 11.1 Å². The number of aliphatic imine (C=N–C) groups is 1. The van der Waals surface area contributed by atoms with Gasteiger partial charge in [0, 0.05) is 48.3 Å². The molecule has 1 aromatic rings. The van der Waals surface area contributed by atoms with Gasteiger partial charge in [-0.15, -0.1) is 0 Å². The number of amides is 1. The van der Waals surface area contributed by atoms with E-state index >= 15 is 0 Å². The highest BCUT2D eigenvalue weighted by molar-refractivity contribution is 7.99. The molecule has 1 saturated heterocycles. The minimum Gasteiger partial charge on any atom is -0.370 e. The van der Waals surface area contributed by atoms with E-state index in [-0.39, 0.29) is 5.91 Å².